The number of benzene rings is 3. The van der Waals surface area contributed by atoms with Gasteiger partial charge >= 0.3 is 6.47 Å². The van der Waals surface area contributed by atoms with Crippen LogP contribution in [0.2, 0.25) is 0 Å². The molecule has 9 nitrogen and oxygen atoms in total. The molecule has 1 aromatic heterocycles. The Morgan fingerprint density at radius 1 is 1.02 bits per heavy atom. The lowest BCUT2D eigenvalue weighted by Crippen LogP contribution is -2.29. The molecule has 0 radical (unpaired) electrons. The summed E-state index contributed by atoms with van der Waals surface area (Å²) < 4.78 is 13.4. The maximum Gasteiger partial charge on any atom is 0.320 e. The third-order valence-electron chi connectivity index (χ3n) is 7.96. The summed E-state index contributed by atoms with van der Waals surface area (Å²) in [6.07, 6.45) is 4.16. The Morgan fingerprint density at radius 3 is 2.40 bits per heavy atom. The number of carbonyl (C=O) groups excluding carboxylic acids is 1. The van der Waals surface area contributed by atoms with Crippen LogP contribution in [0, 0.1) is 0 Å². The van der Waals surface area contributed by atoms with Gasteiger partial charge in [-0.05, 0) is 47.2 Å². The molecule has 0 unspecified atom stereocenters. The smallest absolute Gasteiger partial charge is 0.320 e. The fraction of sp³-hybridized carbons (Fsp3) is 0.333. The number of aryl methyl sites for hydroxylation is 2. The number of hydrogen-bond acceptors (Lipinski definition) is 7. The Kier molecular flexibility index (Phi) is 10.8. The summed E-state index contributed by atoms with van der Waals surface area (Å²) in [5.74, 6) is 2.03. The van der Waals surface area contributed by atoms with Crippen molar-refractivity contribution < 1.29 is 19.1 Å². The van der Waals surface area contributed by atoms with E-state index in [9.17, 15) is 9.59 Å². The summed E-state index contributed by atoms with van der Waals surface area (Å²) in [4.78, 5) is 38.9. The van der Waals surface area contributed by atoms with Crippen molar-refractivity contribution in [3.05, 3.63) is 106 Å². The van der Waals surface area contributed by atoms with E-state index in [4.69, 9.17) is 19.3 Å². The van der Waals surface area contributed by atoms with E-state index in [0.717, 1.165) is 77.6 Å². The van der Waals surface area contributed by atoms with Gasteiger partial charge in [0.1, 0.15) is 17.7 Å². The first-order valence-electron chi connectivity index (χ1n) is 15.5. The van der Waals surface area contributed by atoms with Gasteiger partial charge in [0.05, 0.1) is 31.0 Å². The van der Waals surface area contributed by atoms with Crippen molar-refractivity contribution in [3.8, 4) is 28.0 Å². The number of nitrogens with zero attached hydrogens (tertiary/aromatic N) is 3. The summed E-state index contributed by atoms with van der Waals surface area (Å²) in [5, 5.41) is 0. The molecule has 2 heterocycles. The van der Waals surface area contributed by atoms with Crippen LogP contribution in [0.4, 0.5) is 0 Å². The zero-order valence-electron chi connectivity index (χ0n) is 26.1. The summed E-state index contributed by atoms with van der Waals surface area (Å²) in [6.45, 7) is 6.31. The SMILES string of the molecule is CCCc1nc(CC)c(-c2ccc(OC3CCOCC3)cc2)c(=O)n1Cc1ccc(-c2ccccc2C(=NC)NOC=O)cc1. The van der Waals surface area contributed by atoms with Gasteiger partial charge in [-0.1, -0.05) is 74.5 Å². The number of hydroxylamine groups is 1. The quantitative estimate of drug-likeness (QED) is 0.0945. The second kappa shape index (κ2) is 15.3. The minimum atomic E-state index is -0.0390. The number of carbonyl (C=O) groups is 1. The molecule has 1 fully saturated rings. The van der Waals surface area contributed by atoms with Gasteiger partial charge in [-0.15, -0.1) is 0 Å². The maximum atomic E-state index is 14.2. The summed E-state index contributed by atoms with van der Waals surface area (Å²) in [5.41, 5.74) is 8.51. The third kappa shape index (κ3) is 7.49. The van der Waals surface area contributed by atoms with Gasteiger partial charge in [0.15, 0.2) is 5.84 Å². The molecule has 0 amide bonds. The normalized spacial score (nSPS) is 13.8. The molecule has 1 saturated heterocycles. The third-order valence-corrected chi connectivity index (χ3v) is 7.96. The van der Waals surface area contributed by atoms with Gasteiger partial charge in [0.25, 0.3) is 5.56 Å². The number of amidine groups is 1. The Labute approximate surface area is 263 Å². The zero-order chi connectivity index (χ0) is 31.6. The molecule has 45 heavy (non-hydrogen) atoms. The molecular weight excluding hydrogens is 568 g/mol. The lowest BCUT2D eigenvalue weighted by molar-refractivity contribution is -0.132. The van der Waals surface area contributed by atoms with Crippen LogP contribution >= 0.6 is 0 Å². The Morgan fingerprint density at radius 2 is 1.73 bits per heavy atom. The second-order valence-corrected chi connectivity index (χ2v) is 10.9. The number of rotatable bonds is 12. The van der Waals surface area contributed by atoms with E-state index >= 15 is 0 Å². The van der Waals surface area contributed by atoms with E-state index in [-0.39, 0.29) is 11.7 Å². The van der Waals surface area contributed by atoms with E-state index in [0.29, 0.717) is 37.3 Å². The van der Waals surface area contributed by atoms with Gasteiger partial charge in [-0.25, -0.2) is 10.5 Å². The average molecular weight is 609 g/mol. The van der Waals surface area contributed by atoms with Crippen LogP contribution in [0.5, 0.6) is 5.75 Å². The first-order valence-corrected chi connectivity index (χ1v) is 15.5. The molecule has 0 spiro atoms. The van der Waals surface area contributed by atoms with Crippen molar-refractivity contribution >= 4 is 12.3 Å². The van der Waals surface area contributed by atoms with Crippen LogP contribution in [0.1, 0.15) is 55.8 Å². The van der Waals surface area contributed by atoms with Crippen LogP contribution in [0.3, 0.4) is 0 Å². The van der Waals surface area contributed by atoms with E-state index < -0.39 is 0 Å². The van der Waals surface area contributed by atoms with Crippen LogP contribution in [0.25, 0.3) is 22.3 Å². The zero-order valence-corrected chi connectivity index (χ0v) is 26.1. The summed E-state index contributed by atoms with van der Waals surface area (Å²) >= 11 is 0. The summed E-state index contributed by atoms with van der Waals surface area (Å²) in [6, 6.07) is 23.7. The number of nitrogens with one attached hydrogen (secondary N) is 1. The van der Waals surface area contributed by atoms with E-state index in [1.807, 2.05) is 84.3 Å². The van der Waals surface area contributed by atoms with Crippen molar-refractivity contribution in [2.75, 3.05) is 20.3 Å². The van der Waals surface area contributed by atoms with Crippen molar-refractivity contribution in [1.82, 2.24) is 15.0 Å². The van der Waals surface area contributed by atoms with E-state index in [1.165, 1.54) is 0 Å². The van der Waals surface area contributed by atoms with Crippen molar-refractivity contribution in [3.63, 3.8) is 0 Å². The standard InChI is InChI=1S/C36H40N4O5/c1-4-8-33-38-32(5-2)34(27-15-17-28(18-16-27)45-29-19-21-43-22-20-29)36(42)40(33)23-25-11-13-26(14-12-25)30-9-6-7-10-31(30)35(37-3)39-44-24-41/h6-7,9-18,24,29H,4-5,8,19-23H2,1-3H3,(H,37,39). The topological polar surface area (TPSA) is 104 Å². The van der Waals surface area contributed by atoms with Gasteiger partial charge in [-0.3, -0.25) is 19.1 Å². The molecule has 234 valence electrons. The molecule has 1 aliphatic rings. The van der Waals surface area contributed by atoms with E-state index in [1.54, 1.807) is 7.05 Å². The molecule has 1 aliphatic heterocycles. The first-order chi connectivity index (χ1) is 22.1. The van der Waals surface area contributed by atoms with Crippen LogP contribution in [-0.4, -0.2) is 48.2 Å². The van der Waals surface area contributed by atoms with Gasteiger partial charge in [-0.2, -0.15) is 0 Å². The number of aromatic nitrogens is 2. The highest BCUT2D eigenvalue weighted by atomic mass is 16.7. The highest BCUT2D eigenvalue weighted by Gasteiger charge is 2.19. The van der Waals surface area contributed by atoms with Gasteiger partial charge in [0, 0.05) is 31.9 Å². The van der Waals surface area contributed by atoms with Crippen LogP contribution in [-0.2, 0) is 33.8 Å². The first kappa shape index (κ1) is 31.7. The Bertz CT molecular complexity index is 1670. The van der Waals surface area contributed by atoms with E-state index in [2.05, 4.69) is 17.4 Å². The second-order valence-electron chi connectivity index (χ2n) is 10.9. The molecule has 4 aromatic rings. The number of ether oxygens (including phenoxy) is 2. The average Bonchev–Trinajstić information content (AvgIpc) is 3.08. The predicted molar refractivity (Wildman–Crippen MR) is 176 cm³/mol. The highest BCUT2D eigenvalue weighted by Crippen LogP contribution is 2.27. The Balaban J connectivity index is 1.44. The largest absolute Gasteiger partial charge is 0.490 e. The van der Waals surface area contributed by atoms with Crippen molar-refractivity contribution in [2.24, 2.45) is 4.99 Å². The van der Waals surface area contributed by atoms with Crippen LogP contribution < -0.4 is 15.8 Å². The van der Waals surface area contributed by atoms with Crippen molar-refractivity contribution in [1.29, 1.82) is 0 Å². The number of aliphatic imine (C=N–C) groups is 1. The van der Waals surface area contributed by atoms with Crippen LogP contribution in [0.15, 0.2) is 82.6 Å². The Hall–Kier alpha value is -4.76. The molecule has 0 aliphatic carbocycles. The highest BCUT2D eigenvalue weighted by molar-refractivity contribution is 6.04. The molecule has 3 aromatic carbocycles. The monoisotopic (exact) mass is 608 g/mol. The predicted octanol–water partition coefficient (Wildman–Crippen LogP) is 5.75. The molecule has 5 rings (SSSR count). The fourth-order valence-electron chi connectivity index (χ4n) is 5.67. The molecule has 0 saturated carbocycles. The lowest BCUT2D eigenvalue weighted by atomic mass is 9.98. The van der Waals surface area contributed by atoms with Gasteiger partial charge < -0.3 is 14.3 Å². The molecule has 0 atom stereocenters. The molecule has 9 heteroatoms. The molecule has 1 N–H and O–H groups in total. The minimum Gasteiger partial charge on any atom is -0.490 e. The number of hydrogen-bond donors (Lipinski definition) is 1. The minimum absolute atomic E-state index is 0.0390. The van der Waals surface area contributed by atoms with Gasteiger partial charge in [0.2, 0.25) is 0 Å². The maximum absolute atomic E-state index is 14.2. The fourth-order valence-corrected chi connectivity index (χ4v) is 5.67. The van der Waals surface area contributed by atoms with Crippen molar-refractivity contribution in [2.45, 2.75) is 58.6 Å². The lowest BCUT2D eigenvalue weighted by Gasteiger charge is -2.23. The summed E-state index contributed by atoms with van der Waals surface area (Å²) in [7, 11) is 1.63. The molecular formula is C36H40N4O5. The molecule has 0 bridgehead atoms.